The van der Waals surface area contributed by atoms with Crippen molar-refractivity contribution in [3.63, 3.8) is 0 Å². The molecule has 7 heteroatoms. The number of thiazole rings is 1. The minimum absolute atomic E-state index is 0.348. The Morgan fingerprint density at radius 2 is 2.42 bits per heavy atom. The Bertz CT molecular complexity index is 454. The van der Waals surface area contributed by atoms with Crippen LogP contribution in [0.1, 0.15) is 24.1 Å². The lowest BCUT2D eigenvalue weighted by molar-refractivity contribution is 0.135. The van der Waals surface area contributed by atoms with E-state index in [-0.39, 0.29) is 0 Å². The van der Waals surface area contributed by atoms with Crippen molar-refractivity contribution in [2.75, 3.05) is 12.4 Å². The highest BCUT2D eigenvalue weighted by Crippen LogP contribution is 2.29. The van der Waals surface area contributed by atoms with Gasteiger partial charge in [-0.1, -0.05) is 16.9 Å². The zero-order valence-corrected chi connectivity index (χ0v) is 11.9. The molecule has 0 saturated heterocycles. The van der Waals surface area contributed by atoms with Gasteiger partial charge < -0.3 is 4.84 Å². The standard InChI is InChI=1S/C12H14F2N2OS2/c13-11(14)2-1-5-18-12-15-6-10(19-12)7-16-17-8-9-3-4-9/h2,6-7,9H,1,3-5,8H2/b16-7+. The van der Waals surface area contributed by atoms with Crippen molar-refractivity contribution >= 4 is 29.3 Å². The summed E-state index contributed by atoms with van der Waals surface area (Å²) in [6, 6.07) is 0. The molecule has 1 aliphatic carbocycles. The number of oxime groups is 1. The van der Waals surface area contributed by atoms with Crippen LogP contribution in [-0.4, -0.2) is 23.6 Å². The Morgan fingerprint density at radius 3 is 3.16 bits per heavy atom. The van der Waals surface area contributed by atoms with E-state index in [2.05, 4.69) is 10.1 Å². The maximum absolute atomic E-state index is 11.8. The van der Waals surface area contributed by atoms with Crippen LogP contribution >= 0.6 is 23.1 Å². The number of thioether (sulfide) groups is 1. The summed E-state index contributed by atoms with van der Waals surface area (Å²) in [7, 11) is 0. The average molecular weight is 304 g/mol. The molecule has 1 aliphatic rings. The van der Waals surface area contributed by atoms with Crippen LogP contribution in [0, 0.1) is 5.92 Å². The monoisotopic (exact) mass is 304 g/mol. The van der Waals surface area contributed by atoms with Crippen LogP contribution in [0.4, 0.5) is 8.78 Å². The first kappa shape index (κ1) is 14.5. The number of aromatic nitrogens is 1. The van der Waals surface area contributed by atoms with E-state index in [4.69, 9.17) is 4.84 Å². The number of nitrogens with zero attached hydrogens (tertiary/aromatic N) is 2. The molecule has 0 aromatic carbocycles. The minimum Gasteiger partial charge on any atom is -0.395 e. The number of halogens is 2. The van der Waals surface area contributed by atoms with Crippen molar-refractivity contribution in [2.45, 2.75) is 23.6 Å². The second-order valence-corrected chi connectivity index (χ2v) is 6.54. The first-order valence-corrected chi connectivity index (χ1v) is 7.79. The van der Waals surface area contributed by atoms with E-state index in [1.165, 1.54) is 35.9 Å². The zero-order chi connectivity index (χ0) is 13.5. The van der Waals surface area contributed by atoms with E-state index < -0.39 is 6.08 Å². The van der Waals surface area contributed by atoms with Gasteiger partial charge in [-0.15, -0.1) is 11.3 Å². The highest BCUT2D eigenvalue weighted by molar-refractivity contribution is 8.01. The zero-order valence-electron chi connectivity index (χ0n) is 10.2. The van der Waals surface area contributed by atoms with Gasteiger partial charge in [0, 0.05) is 11.9 Å². The third-order valence-electron chi connectivity index (χ3n) is 2.41. The Morgan fingerprint density at radius 1 is 1.58 bits per heavy atom. The number of hydrogen-bond acceptors (Lipinski definition) is 5. The van der Waals surface area contributed by atoms with Gasteiger partial charge in [-0.25, -0.2) is 4.98 Å². The predicted octanol–water partition coefficient (Wildman–Crippen LogP) is 4.17. The topological polar surface area (TPSA) is 34.5 Å². The summed E-state index contributed by atoms with van der Waals surface area (Å²) in [5.74, 6) is 1.29. The summed E-state index contributed by atoms with van der Waals surface area (Å²) < 4.78 is 24.5. The molecule has 0 unspecified atom stereocenters. The molecule has 0 spiro atoms. The molecule has 1 fully saturated rings. The molecule has 0 bridgehead atoms. The molecule has 1 aromatic heterocycles. The fraction of sp³-hybridized carbons (Fsp3) is 0.500. The van der Waals surface area contributed by atoms with Crippen molar-refractivity contribution < 1.29 is 13.6 Å². The third-order valence-corrected chi connectivity index (χ3v) is 4.53. The highest BCUT2D eigenvalue weighted by atomic mass is 32.2. The molecule has 1 heterocycles. The second-order valence-electron chi connectivity index (χ2n) is 4.13. The van der Waals surface area contributed by atoms with Crippen LogP contribution in [-0.2, 0) is 4.84 Å². The number of rotatable bonds is 8. The van der Waals surface area contributed by atoms with Gasteiger partial charge in [0.15, 0.2) is 0 Å². The van der Waals surface area contributed by atoms with Gasteiger partial charge in [0.25, 0.3) is 6.08 Å². The fourth-order valence-corrected chi connectivity index (χ4v) is 3.05. The minimum atomic E-state index is -1.62. The number of hydrogen-bond donors (Lipinski definition) is 0. The van der Waals surface area contributed by atoms with E-state index >= 15 is 0 Å². The molecule has 0 aliphatic heterocycles. The lowest BCUT2D eigenvalue weighted by Gasteiger charge is -1.93. The first-order chi connectivity index (χ1) is 9.24. The van der Waals surface area contributed by atoms with Gasteiger partial charge in [-0.3, -0.25) is 0 Å². The van der Waals surface area contributed by atoms with E-state index in [0.29, 0.717) is 24.7 Å². The van der Waals surface area contributed by atoms with Crippen LogP contribution in [0.15, 0.2) is 27.8 Å². The van der Waals surface area contributed by atoms with Gasteiger partial charge in [0.1, 0.15) is 10.9 Å². The molecule has 1 saturated carbocycles. The maximum atomic E-state index is 11.8. The predicted molar refractivity (Wildman–Crippen MR) is 74.0 cm³/mol. The summed E-state index contributed by atoms with van der Waals surface area (Å²) in [4.78, 5) is 10.2. The quantitative estimate of drug-likeness (QED) is 0.313. The SMILES string of the molecule is FC(F)=CCCSc1ncc(/C=N/OCC2CC2)s1. The highest BCUT2D eigenvalue weighted by Gasteiger charge is 2.21. The molecule has 0 amide bonds. The van der Waals surface area contributed by atoms with Gasteiger partial charge in [0.2, 0.25) is 0 Å². The summed E-state index contributed by atoms with van der Waals surface area (Å²) >= 11 is 2.94. The summed E-state index contributed by atoms with van der Waals surface area (Å²) in [6.07, 6.45) is 5.49. The Kier molecular flexibility index (Phi) is 5.78. The van der Waals surface area contributed by atoms with Gasteiger partial charge >= 0.3 is 0 Å². The van der Waals surface area contributed by atoms with E-state index in [1.807, 2.05) is 0 Å². The second kappa shape index (κ2) is 7.59. The summed E-state index contributed by atoms with van der Waals surface area (Å²) in [6.45, 7) is 0.693. The molecule has 19 heavy (non-hydrogen) atoms. The first-order valence-electron chi connectivity index (χ1n) is 5.99. The molecule has 3 nitrogen and oxygen atoms in total. The molecular formula is C12H14F2N2OS2. The number of allylic oxidation sites excluding steroid dienone is 1. The molecule has 1 aromatic rings. The van der Waals surface area contributed by atoms with Crippen molar-refractivity contribution in [1.82, 2.24) is 4.98 Å². The van der Waals surface area contributed by atoms with E-state index in [9.17, 15) is 8.78 Å². The van der Waals surface area contributed by atoms with Gasteiger partial charge in [0.05, 0.1) is 11.1 Å². The van der Waals surface area contributed by atoms with Gasteiger partial charge in [-0.2, -0.15) is 8.78 Å². The van der Waals surface area contributed by atoms with E-state index in [1.54, 1.807) is 12.4 Å². The molecule has 0 atom stereocenters. The normalized spacial score (nSPS) is 14.8. The van der Waals surface area contributed by atoms with Gasteiger partial charge in [-0.05, 0) is 31.3 Å². The van der Waals surface area contributed by atoms with Crippen molar-refractivity contribution in [3.8, 4) is 0 Å². The molecule has 0 radical (unpaired) electrons. The van der Waals surface area contributed by atoms with Crippen LogP contribution in [0.2, 0.25) is 0 Å². The largest absolute Gasteiger partial charge is 0.395 e. The lowest BCUT2D eigenvalue weighted by Crippen LogP contribution is -1.89. The molecule has 2 rings (SSSR count). The maximum Gasteiger partial charge on any atom is 0.266 e. The van der Waals surface area contributed by atoms with Crippen molar-refractivity contribution in [2.24, 2.45) is 11.1 Å². The smallest absolute Gasteiger partial charge is 0.266 e. The molecular weight excluding hydrogens is 290 g/mol. The Hall–Kier alpha value is -0.950. The van der Waals surface area contributed by atoms with Crippen molar-refractivity contribution in [3.05, 3.63) is 23.2 Å². The lowest BCUT2D eigenvalue weighted by atomic mass is 10.5. The molecule has 0 N–H and O–H groups in total. The Balaban J connectivity index is 1.67. The Labute approximate surface area is 118 Å². The van der Waals surface area contributed by atoms with Crippen LogP contribution in [0.5, 0.6) is 0 Å². The van der Waals surface area contributed by atoms with Crippen LogP contribution in [0.25, 0.3) is 0 Å². The van der Waals surface area contributed by atoms with Crippen LogP contribution in [0.3, 0.4) is 0 Å². The third kappa shape index (κ3) is 6.15. The van der Waals surface area contributed by atoms with Crippen LogP contribution < -0.4 is 0 Å². The fourth-order valence-electron chi connectivity index (χ4n) is 1.23. The van der Waals surface area contributed by atoms with Crippen molar-refractivity contribution in [1.29, 1.82) is 0 Å². The molecule has 104 valence electrons. The summed E-state index contributed by atoms with van der Waals surface area (Å²) in [5, 5.41) is 3.88. The average Bonchev–Trinajstić information content (AvgIpc) is 3.09. The summed E-state index contributed by atoms with van der Waals surface area (Å²) in [5.41, 5.74) is 0. The van der Waals surface area contributed by atoms with E-state index in [0.717, 1.165) is 15.3 Å².